The Morgan fingerprint density at radius 3 is 2.57 bits per heavy atom. The van der Waals surface area contributed by atoms with Crippen LogP contribution < -0.4 is 33.2 Å². The van der Waals surface area contributed by atoms with Gasteiger partial charge in [-0.1, -0.05) is 20.8 Å². The Morgan fingerprint density at radius 1 is 1.33 bits per heavy atom. The minimum atomic E-state index is -0.762. The van der Waals surface area contributed by atoms with E-state index in [1.165, 1.54) is 0 Å². The Labute approximate surface area is 126 Å². The van der Waals surface area contributed by atoms with E-state index < -0.39 is 6.23 Å². The summed E-state index contributed by atoms with van der Waals surface area (Å²) in [5, 5.41) is 15.5. The third-order valence-corrected chi connectivity index (χ3v) is 3.99. The monoisotopic (exact) mass is 302 g/mol. The van der Waals surface area contributed by atoms with Crippen molar-refractivity contribution in [3.63, 3.8) is 0 Å². The van der Waals surface area contributed by atoms with Crippen LogP contribution in [0.1, 0.15) is 40.0 Å². The van der Waals surface area contributed by atoms with Gasteiger partial charge in [-0.05, 0) is 30.1 Å². The van der Waals surface area contributed by atoms with Gasteiger partial charge in [0.25, 0.3) is 0 Å². The van der Waals surface area contributed by atoms with Crippen LogP contribution in [-0.4, -0.2) is 36.5 Å². The first-order valence-electron chi connectivity index (χ1n) is 7.32. The van der Waals surface area contributed by atoms with E-state index >= 15 is 0 Å². The van der Waals surface area contributed by atoms with Crippen LogP contribution in [0.15, 0.2) is 0 Å². The summed E-state index contributed by atoms with van der Waals surface area (Å²) in [6.45, 7) is 7.73. The molecule has 21 heavy (non-hydrogen) atoms. The van der Waals surface area contributed by atoms with Crippen molar-refractivity contribution in [1.82, 2.24) is 21.5 Å². The Hall–Kier alpha value is -0.930. The molecular formula is C13H30N6O2. The molecule has 8 nitrogen and oxygen atoms in total. The van der Waals surface area contributed by atoms with Crippen LogP contribution in [0.2, 0.25) is 0 Å². The molecule has 0 bridgehead atoms. The largest absolute Gasteiger partial charge is 0.376 e. The molecule has 1 aliphatic rings. The van der Waals surface area contributed by atoms with E-state index in [9.17, 15) is 9.90 Å². The topological polar surface area (TPSA) is 137 Å². The van der Waals surface area contributed by atoms with Crippen molar-refractivity contribution in [1.29, 1.82) is 0 Å². The zero-order valence-electron chi connectivity index (χ0n) is 13.2. The molecular weight excluding hydrogens is 272 g/mol. The standard InChI is InChI=1S/C13H30N6O2/c1-12(2)4-9(17-11(21)19-15)5-13(3,7-12)8-16-6-10(20)18-14/h9-10,16,18,20H,4-8,14-15H2,1-3H3,(H2,17,19,21)/t9-,10?,13?/m1/s1. The van der Waals surface area contributed by atoms with Gasteiger partial charge in [-0.15, -0.1) is 0 Å². The van der Waals surface area contributed by atoms with E-state index in [1.807, 2.05) is 0 Å². The summed E-state index contributed by atoms with van der Waals surface area (Å²) in [5.74, 6) is 10.3. The first-order valence-corrected chi connectivity index (χ1v) is 7.32. The molecule has 1 saturated carbocycles. The number of hydrogen-bond acceptors (Lipinski definition) is 6. The molecule has 0 heterocycles. The summed E-state index contributed by atoms with van der Waals surface area (Å²) in [7, 11) is 0. The van der Waals surface area contributed by atoms with Gasteiger partial charge in [0, 0.05) is 19.1 Å². The van der Waals surface area contributed by atoms with E-state index in [1.54, 1.807) is 0 Å². The molecule has 0 aliphatic heterocycles. The number of hydrogen-bond donors (Lipinski definition) is 7. The molecule has 1 aliphatic carbocycles. The lowest BCUT2D eigenvalue weighted by Crippen LogP contribution is -2.53. The van der Waals surface area contributed by atoms with Gasteiger partial charge in [0.15, 0.2) is 0 Å². The van der Waals surface area contributed by atoms with E-state index in [0.717, 1.165) is 25.8 Å². The smallest absolute Gasteiger partial charge is 0.329 e. The summed E-state index contributed by atoms with van der Waals surface area (Å²) >= 11 is 0. The molecule has 9 N–H and O–H groups in total. The maximum atomic E-state index is 11.4. The number of hydrazine groups is 2. The van der Waals surface area contributed by atoms with Crippen molar-refractivity contribution in [3.8, 4) is 0 Å². The number of aliphatic hydroxyl groups excluding tert-OH is 1. The van der Waals surface area contributed by atoms with E-state index in [0.29, 0.717) is 6.54 Å². The van der Waals surface area contributed by atoms with Crippen LogP contribution >= 0.6 is 0 Å². The van der Waals surface area contributed by atoms with Crippen molar-refractivity contribution >= 4 is 6.03 Å². The summed E-state index contributed by atoms with van der Waals surface area (Å²) in [6.07, 6.45) is 2.07. The fourth-order valence-corrected chi connectivity index (χ4v) is 3.67. The summed E-state index contributed by atoms with van der Waals surface area (Å²) in [5.41, 5.74) is 4.56. The SMILES string of the molecule is CC1(C)C[C@@H](NC(=O)NN)CC(C)(CNCC(O)NN)C1. The Balaban J connectivity index is 2.60. The van der Waals surface area contributed by atoms with Crippen molar-refractivity contribution in [2.24, 2.45) is 22.5 Å². The molecule has 1 fully saturated rings. The van der Waals surface area contributed by atoms with Gasteiger partial charge in [0.05, 0.1) is 0 Å². The number of urea groups is 1. The lowest BCUT2D eigenvalue weighted by Gasteiger charge is -2.47. The molecule has 8 heteroatoms. The fourth-order valence-electron chi connectivity index (χ4n) is 3.67. The van der Waals surface area contributed by atoms with Crippen LogP contribution in [0.4, 0.5) is 4.79 Å². The third-order valence-electron chi connectivity index (χ3n) is 3.99. The second-order valence-corrected chi connectivity index (χ2v) is 7.19. The van der Waals surface area contributed by atoms with Crippen LogP contribution in [0, 0.1) is 10.8 Å². The molecule has 2 amide bonds. The minimum absolute atomic E-state index is 0.0304. The minimum Gasteiger partial charge on any atom is -0.376 e. The number of aliphatic hydroxyl groups is 1. The van der Waals surface area contributed by atoms with Crippen molar-refractivity contribution < 1.29 is 9.90 Å². The van der Waals surface area contributed by atoms with Crippen molar-refractivity contribution in [3.05, 3.63) is 0 Å². The number of carbonyl (C=O) groups excluding carboxylic acids is 1. The molecule has 1 rings (SSSR count). The fraction of sp³-hybridized carbons (Fsp3) is 0.923. The molecule has 0 saturated heterocycles. The highest BCUT2D eigenvalue weighted by Crippen LogP contribution is 2.45. The maximum absolute atomic E-state index is 11.4. The second kappa shape index (κ2) is 7.37. The Bertz CT molecular complexity index is 352. The third kappa shape index (κ3) is 6.15. The van der Waals surface area contributed by atoms with Crippen LogP contribution in [0.3, 0.4) is 0 Å². The quantitative estimate of drug-likeness (QED) is 0.147. The molecule has 0 aromatic rings. The van der Waals surface area contributed by atoms with E-state index in [2.05, 4.69) is 42.3 Å². The van der Waals surface area contributed by atoms with Crippen LogP contribution in [-0.2, 0) is 0 Å². The highest BCUT2D eigenvalue weighted by atomic mass is 16.3. The van der Waals surface area contributed by atoms with Gasteiger partial charge in [-0.25, -0.2) is 16.1 Å². The average molecular weight is 302 g/mol. The molecule has 0 aromatic carbocycles. The first kappa shape index (κ1) is 18.1. The van der Waals surface area contributed by atoms with Crippen molar-refractivity contribution in [2.45, 2.75) is 52.3 Å². The zero-order chi connectivity index (χ0) is 16.1. The Kier molecular flexibility index (Phi) is 6.36. The number of nitrogens with two attached hydrogens (primary N) is 2. The van der Waals surface area contributed by atoms with Gasteiger partial charge in [0.2, 0.25) is 0 Å². The molecule has 3 atom stereocenters. The number of amides is 2. The predicted molar refractivity (Wildman–Crippen MR) is 81.6 cm³/mol. The van der Waals surface area contributed by atoms with Gasteiger partial charge < -0.3 is 15.7 Å². The van der Waals surface area contributed by atoms with Crippen LogP contribution in [0.5, 0.6) is 0 Å². The van der Waals surface area contributed by atoms with Crippen molar-refractivity contribution in [2.75, 3.05) is 13.1 Å². The number of carbonyl (C=O) groups is 1. The molecule has 0 radical (unpaired) electrons. The molecule has 0 spiro atoms. The zero-order valence-corrected chi connectivity index (χ0v) is 13.2. The lowest BCUT2D eigenvalue weighted by molar-refractivity contribution is 0.0670. The molecule has 124 valence electrons. The molecule has 0 aromatic heterocycles. The lowest BCUT2D eigenvalue weighted by atomic mass is 9.62. The van der Waals surface area contributed by atoms with Gasteiger partial charge in [-0.3, -0.25) is 11.3 Å². The van der Waals surface area contributed by atoms with E-state index in [-0.39, 0.29) is 22.9 Å². The summed E-state index contributed by atoms with van der Waals surface area (Å²) in [4.78, 5) is 11.4. The summed E-state index contributed by atoms with van der Waals surface area (Å²) < 4.78 is 0. The Morgan fingerprint density at radius 2 is 2.00 bits per heavy atom. The van der Waals surface area contributed by atoms with Crippen LogP contribution in [0.25, 0.3) is 0 Å². The second-order valence-electron chi connectivity index (χ2n) is 7.19. The summed E-state index contributed by atoms with van der Waals surface area (Å²) in [6, 6.07) is -0.266. The van der Waals surface area contributed by atoms with Gasteiger partial charge in [0.1, 0.15) is 6.23 Å². The highest BCUT2D eigenvalue weighted by Gasteiger charge is 2.41. The highest BCUT2D eigenvalue weighted by molar-refractivity contribution is 5.73. The number of rotatable bonds is 6. The van der Waals surface area contributed by atoms with Gasteiger partial charge in [-0.2, -0.15) is 0 Å². The first-order chi connectivity index (χ1) is 9.69. The predicted octanol–water partition coefficient (Wildman–Crippen LogP) is -0.884. The van der Waals surface area contributed by atoms with E-state index in [4.69, 9.17) is 11.7 Å². The molecule has 2 unspecified atom stereocenters. The van der Waals surface area contributed by atoms with Gasteiger partial charge >= 0.3 is 6.03 Å². The average Bonchev–Trinajstić information content (AvgIpc) is 2.35. The normalized spacial score (nSPS) is 29.7. The number of nitrogens with one attached hydrogen (secondary N) is 4. The maximum Gasteiger partial charge on any atom is 0.329 e.